The molecule has 0 bridgehead atoms. The summed E-state index contributed by atoms with van der Waals surface area (Å²) in [4.78, 5) is 22.3. The second-order valence-electron chi connectivity index (χ2n) is 4.32. The van der Waals surface area contributed by atoms with Crippen LogP contribution in [0.5, 0.6) is 0 Å². The Hall–Kier alpha value is -1.82. The van der Waals surface area contributed by atoms with Crippen molar-refractivity contribution in [2.75, 3.05) is 18.9 Å². The van der Waals surface area contributed by atoms with Crippen LogP contribution in [0.2, 0.25) is 5.02 Å². The zero-order chi connectivity index (χ0) is 15.1. The fourth-order valence-electron chi connectivity index (χ4n) is 1.79. The minimum Gasteiger partial charge on any atom is -0.381 e. The number of anilines is 1. The Morgan fingerprint density at radius 1 is 1.40 bits per heavy atom. The molecule has 0 aliphatic carbocycles. The standard InChI is InChI=1S/C13H18ClN3O3/c1-3-4-5-6-16-13(18)9-7-10(14)12(15-2)11(8-9)17(19)20/h7-8,15H,3-6H2,1-2H3,(H,16,18). The zero-order valence-electron chi connectivity index (χ0n) is 11.5. The number of carbonyl (C=O) groups is 1. The van der Waals surface area contributed by atoms with E-state index in [9.17, 15) is 14.9 Å². The number of amides is 1. The SMILES string of the molecule is CCCCCNC(=O)c1cc(Cl)c(NC)c([N+](=O)[O-])c1. The molecule has 2 N–H and O–H groups in total. The second-order valence-corrected chi connectivity index (χ2v) is 4.73. The molecule has 0 fully saturated rings. The van der Waals surface area contributed by atoms with Gasteiger partial charge in [0.25, 0.3) is 11.6 Å². The number of carbonyl (C=O) groups excluding carboxylic acids is 1. The molecule has 0 saturated heterocycles. The minimum absolute atomic E-state index is 0.153. The molecular weight excluding hydrogens is 282 g/mol. The quantitative estimate of drug-likeness (QED) is 0.460. The molecule has 20 heavy (non-hydrogen) atoms. The Morgan fingerprint density at radius 2 is 2.10 bits per heavy atom. The number of hydrogen-bond donors (Lipinski definition) is 2. The number of nitrogens with zero attached hydrogens (tertiary/aromatic N) is 1. The smallest absolute Gasteiger partial charge is 0.294 e. The normalized spacial score (nSPS) is 10.2. The van der Waals surface area contributed by atoms with Crippen LogP contribution in [0.15, 0.2) is 12.1 Å². The number of benzene rings is 1. The highest BCUT2D eigenvalue weighted by atomic mass is 35.5. The molecule has 1 rings (SSSR count). The fraction of sp³-hybridized carbons (Fsp3) is 0.462. The average Bonchev–Trinajstić information content (AvgIpc) is 2.42. The molecule has 0 aromatic heterocycles. The first kappa shape index (κ1) is 16.2. The molecule has 110 valence electrons. The van der Waals surface area contributed by atoms with E-state index in [4.69, 9.17) is 11.6 Å². The molecule has 0 saturated carbocycles. The van der Waals surface area contributed by atoms with E-state index in [-0.39, 0.29) is 27.9 Å². The number of unbranched alkanes of at least 4 members (excludes halogenated alkanes) is 2. The van der Waals surface area contributed by atoms with Gasteiger partial charge in [-0.25, -0.2) is 0 Å². The van der Waals surface area contributed by atoms with Crippen LogP contribution in [0.3, 0.4) is 0 Å². The highest BCUT2D eigenvalue weighted by molar-refractivity contribution is 6.34. The number of halogens is 1. The van der Waals surface area contributed by atoms with Gasteiger partial charge in [-0.1, -0.05) is 31.4 Å². The highest BCUT2D eigenvalue weighted by Crippen LogP contribution is 2.33. The molecule has 0 heterocycles. The van der Waals surface area contributed by atoms with Crippen molar-refractivity contribution in [2.45, 2.75) is 26.2 Å². The van der Waals surface area contributed by atoms with Crippen molar-refractivity contribution < 1.29 is 9.72 Å². The monoisotopic (exact) mass is 299 g/mol. The lowest BCUT2D eigenvalue weighted by Gasteiger charge is -2.08. The van der Waals surface area contributed by atoms with Crippen molar-refractivity contribution in [3.8, 4) is 0 Å². The van der Waals surface area contributed by atoms with E-state index < -0.39 is 4.92 Å². The van der Waals surface area contributed by atoms with Crippen molar-refractivity contribution in [2.24, 2.45) is 0 Å². The third-order valence-corrected chi connectivity index (χ3v) is 3.14. The molecule has 1 aromatic rings. The maximum atomic E-state index is 11.9. The summed E-state index contributed by atoms with van der Waals surface area (Å²) in [6.07, 6.45) is 2.97. The van der Waals surface area contributed by atoms with Crippen molar-refractivity contribution in [1.82, 2.24) is 5.32 Å². The van der Waals surface area contributed by atoms with Crippen molar-refractivity contribution in [1.29, 1.82) is 0 Å². The Morgan fingerprint density at radius 3 is 2.65 bits per heavy atom. The Bertz CT molecular complexity index is 506. The maximum Gasteiger partial charge on any atom is 0.294 e. The number of nitro groups is 1. The Labute approximate surface area is 122 Å². The molecule has 1 amide bonds. The van der Waals surface area contributed by atoms with Crippen LogP contribution in [-0.4, -0.2) is 24.4 Å². The molecular formula is C13H18ClN3O3. The molecule has 0 atom stereocenters. The zero-order valence-corrected chi connectivity index (χ0v) is 12.3. The molecule has 0 aliphatic rings. The van der Waals surface area contributed by atoms with Gasteiger partial charge >= 0.3 is 0 Å². The third kappa shape index (κ3) is 4.09. The number of hydrogen-bond acceptors (Lipinski definition) is 4. The van der Waals surface area contributed by atoms with Crippen LogP contribution in [0.25, 0.3) is 0 Å². The van der Waals surface area contributed by atoms with E-state index in [2.05, 4.69) is 17.6 Å². The lowest BCUT2D eigenvalue weighted by molar-refractivity contribution is -0.383. The van der Waals surface area contributed by atoms with Gasteiger partial charge in [0, 0.05) is 25.2 Å². The van der Waals surface area contributed by atoms with Gasteiger partial charge in [-0.2, -0.15) is 0 Å². The van der Waals surface area contributed by atoms with Crippen molar-refractivity contribution in [3.05, 3.63) is 32.8 Å². The molecule has 6 nitrogen and oxygen atoms in total. The minimum atomic E-state index is -0.564. The van der Waals surface area contributed by atoms with Gasteiger partial charge in [0.15, 0.2) is 0 Å². The maximum absolute atomic E-state index is 11.9. The summed E-state index contributed by atoms with van der Waals surface area (Å²) in [5.41, 5.74) is 0.190. The lowest BCUT2D eigenvalue weighted by Crippen LogP contribution is -2.24. The van der Waals surface area contributed by atoms with E-state index in [1.54, 1.807) is 7.05 Å². The van der Waals surface area contributed by atoms with E-state index in [1.807, 2.05) is 0 Å². The topological polar surface area (TPSA) is 84.3 Å². The van der Waals surface area contributed by atoms with Crippen LogP contribution < -0.4 is 10.6 Å². The van der Waals surface area contributed by atoms with E-state index in [1.165, 1.54) is 12.1 Å². The van der Waals surface area contributed by atoms with E-state index in [0.717, 1.165) is 19.3 Å². The van der Waals surface area contributed by atoms with Crippen molar-refractivity contribution >= 4 is 28.9 Å². The van der Waals surface area contributed by atoms with Gasteiger partial charge in [-0.3, -0.25) is 14.9 Å². The molecule has 0 aliphatic heterocycles. The van der Waals surface area contributed by atoms with Crippen LogP contribution in [0.4, 0.5) is 11.4 Å². The van der Waals surface area contributed by atoms with Gasteiger partial charge in [0.1, 0.15) is 5.69 Å². The summed E-state index contributed by atoms with van der Waals surface area (Å²) < 4.78 is 0. The van der Waals surface area contributed by atoms with Crippen molar-refractivity contribution in [3.63, 3.8) is 0 Å². The number of rotatable bonds is 7. The summed E-state index contributed by atoms with van der Waals surface area (Å²) in [5, 5.41) is 16.5. The van der Waals surface area contributed by atoms with Crippen LogP contribution >= 0.6 is 11.6 Å². The van der Waals surface area contributed by atoms with Gasteiger partial charge < -0.3 is 10.6 Å². The van der Waals surface area contributed by atoms with Gasteiger partial charge in [0.2, 0.25) is 0 Å². The first-order valence-electron chi connectivity index (χ1n) is 6.45. The molecule has 0 unspecified atom stereocenters. The average molecular weight is 300 g/mol. The van der Waals surface area contributed by atoms with E-state index in [0.29, 0.717) is 6.54 Å². The first-order valence-corrected chi connectivity index (χ1v) is 6.83. The molecule has 0 spiro atoms. The van der Waals surface area contributed by atoms with Gasteiger partial charge in [0.05, 0.1) is 9.95 Å². The predicted octanol–water partition coefficient (Wildman–Crippen LogP) is 3.21. The Kier molecular flexibility index (Phi) is 6.24. The highest BCUT2D eigenvalue weighted by Gasteiger charge is 2.20. The summed E-state index contributed by atoms with van der Waals surface area (Å²) in [7, 11) is 1.54. The number of nitrogens with one attached hydrogen (secondary N) is 2. The lowest BCUT2D eigenvalue weighted by atomic mass is 10.1. The predicted molar refractivity (Wildman–Crippen MR) is 79.5 cm³/mol. The third-order valence-electron chi connectivity index (χ3n) is 2.84. The van der Waals surface area contributed by atoms with Crippen LogP contribution in [-0.2, 0) is 0 Å². The summed E-state index contributed by atoms with van der Waals surface area (Å²) in [6, 6.07) is 2.66. The largest absolute Gasteiger partial charge is 0.381 e. The molecule has 0 radical (unpaired) electrons. The van der Waals surface area contributed by atoms with Gasteiger partial charge in [-0.05, 0) is 12.5 Å². The number of nitro benzene ring substituents is 1. The molecule has 7 heteroatoms. The molecule has 1 aromatic carbocycles. The van der Waals surface area contributed by atoms with Crippen LogP contribution in [0.1, 0.15) is 36.5 Å². The van der Waals surface area contributed by atoms with Gasteiger partial charge in [-0.15, -0.1) is 0 Å². The first-order chi connectivity index (χ1) is 9.51. The summed E-state index contributed by atoms with van der Waals surface area (Å²) >= 11 is 5.96. The summed E-state index contributed by atoms with van der Waals surface area (Å²) in [6.45, 7) is 2.62. The van der Waals surface area contributed by atoms with Crippen LogP contribution in [0, 0.1) is 10.1 Å². The fourth-order valence-corrected chi connectivity index (χ4v) is 2.10. The van der Waals surface area contributed by atoms with E-state index >= 15 is 0 Å². The summed E-state index contributed by atoms with van der Waals surface area (Å²) in [5.74, 6) is -0.353. The Balaban J connectivity index is 2.90. The second kappa shape index (κ2) is 7.69.